The highest BCUT2D eigenvalue weighted by atomic mass is 79.9. The lowest BCUT2D eigenvalue weighted by Gasteiger charge is -2.06. The number of ketones is 1. The molecule has 0 amide bonds. The van der Waals surface area contributed by atoms with Crippen molar-refractivity contribution in [3.63, 3.8) is 0 Å². The first kappa shape index (κ1) is 17.2. The molecule has 3 aromatic rings. The van der Waals surface area contributed by atoms with Crippen LogP contribution in [0, 0.1) is 6.92 Å². The van der Waals surface area contributed by atoms with Gasteiger partial charge in [0.05, 0.1) is 7.11 Å². The lowest BCUT2D eigenvalue weighted by atomic mass is 10.1. The number of hydrogen-bond acceptors (Lipinski definition) is 5. The van der Waals surface area contributed by atoms with E-state index in [2.05, 4.69) is 15.9 Å². The average molecular weight is 403 g/mol. The van der Waals surface area contributed by atoms with Crippen molar-refractivity contribution in [2.75, 3.05) is 13.7 Å². The maximum Gasteiger partial charge on any atom is 0.342 e. The fourth-order valence-electron chi connectivity index (χ4n) is 2.51. The molecule has 0 aliphatic heterocycles. The quantitative estimate of drug-likeness (QED) is 0.462. The van der Waals surface area contributed by atoms with E-state index in [1.165, 1.54) is 7.11 Å². The summed E-state index contributed by atoms with van der Waals surface area (Å²) in [6, 6.07) is 12.1. The Labute approximate surface area is 152 Å². The zero-order chi connectivity index (χ0) is 18.0. The summed E-state index contributed by atoms with van der Waals surface area (Å²) < 4.78 is 16.8. The van der Waals surface area contributed by atoms with Crippen molar-refractivity contribution in [2.24, 2.45) is 0 Å². The Morgan fingerprint density at radius 2 is 1.84 bits per heavy atom. The molecule has 0 bridgehead atoms. The molecule has 128 valence electrons. The fraction of sp³-hybridized carbons (Fsp3) is 0.158. The number of methoxy groups -OCH3 is 1. The highest BCUT2D eigenvalue weighted by molar-refractivity contribution is 9.10. The van der Waals surface area contributed by atoms with E-state index >= 15 is 0 Å². The summed E-state index contributed by atoms with van der Waals surface area (Å²) in [6.07, 6.45) is 0. The molecule has 5 nitrogen and oxygen atoms in total. The summed E-state index contributed by atoms with van der Waals surface area (Å²) >= 11 is 3.33. The summed E-state index contributed by atoms with van der Waals surface area (Å²) in [5.74, 6) is 0.345. The third-order valence-corrected chi connectivity index (χ3v) is 4.29. The number of rotatable bonds is 5. The van der Waals surface area contributed by atoms with E-state index < -0.39 is 5.97 Å². The van der Waals surface area contributed by atoms with Crippen LogP contribution in [0.3, 0.4) is 0 Å². The highest BCUT2D eigenvalue weighted by Crippen LogP contribution is 2.29. The number of carbonyl (C=O) groups excluding carboxylic acids is 2. The Morgan fingerprint density at radius 3 is 2.52 bits per heavy atom. The van der Waals surface area contributed by atoms with Crippen molar-refractivity contribution in [3.8, 4) is 5.75 Å². The van der Waals surface area contributed by atoms with Crippen LogP contribution in [0.2, 0.25) is 0 Å². The molecular formula is C19H15BrO5. The Balaban J connectivity index is 1.81. The molecule has 0 atom stereocenters. The molecule has 0 radical (unpaired) electrons. The SMILES string of the molecule is COC(=O)c1c(C)oc2ccc(OCC(=O)c3ccc(Br)cc3)cc12. The first-order valence-corrected chi connectivity index (χ1v) is 8.32. The lowest BCUT2D eigenvalue weighted by molar-refractivity contribution is 0.0600. The van der Waals surface area contributed by atoms with Crippen LogP contribution in [-0.4, -0.2) is 25.5 Å². The number of fused-ring (bicyclic) bond motifs is 1. The minimum absolute atomic E-state index is 0.0997. The smallest absolute Gasteiger partial charge is 0.342 e. The molecule has 0 fully saturated rings. The van der Waals surface area contributed by atoms with E-state index in [1.54, 1.807) is 49.4 Å². The summed E-state index contributed by atoms with van der Waals surface area (Å²) in [7, 11) is 1.32. The predicted octanol–water partition coefficient (Wildman–Crippen LogP) is 4.55. The van der Waals surface area contributed by atoms with Crippen LogP contribution in [-0.2, 0) is 4.74 Å². The molecule has 0 aliphatic carbocycles. The number of benzene rings is 2. The lowest BCUT2D eigenvalue weighted by Crippen LogP contribution is -2.11. The van der Waals surface area contributed by atoms with Crippen molar-refractivity contribution in [3.05, 3.63) is 63.8 Å². The van der Waals surface area contributed by atoms with Gasteiger partial charge in [-0.05, 0) is 37.3 Å². The molecule has 0 saturated carbocycles. The normalized spacial score (nSPS) is 10.7. The topological polar surface area (TPSA) is 65.7 Å². The van der Waals surface area contributed by atoms with Gasteiger partial charge in [-0.15, -0.1) is 0 Å². The van der Waals surface area contributed by atoms with Crippen molar-refractivity contribution in [2.45, 2.75) is 6.92 Å². The summed E-state index contributed by atoms with van der Waals surface area (Å²) in [5, 5.41) is 0.595. The molecule has 2 aromatic carbocycles. The Kier molecular flexibility index (Phi) is 4.90. The van der Waals surface area contributed by atoms with Crippen LogP contribution in [0.15, 0.2) is 51.4 Å². The number of carbonyl (C=O) groups is 2. The number of hydrogen-bond donors (Lipinski definition) is 0. The highest BCUT2D eigenvalue weighted by Gasteiger charge is 2.19. The van der Waals surface area contributed by atoms with Gasteiger partial charge < -0.3 is 13.9 Å². The monoisotopic (exact) mass is 402 g/mol. The van der Waals surface area contributed by atoms with E-state index in [-0.39, 0.29) is 12.4 Å². The predicted molar refractivity (Wildman–Crippen MR) is 96.3 cm³/mol. The van der Waals surface area contributed by atoms with Gasteiger partial charge in [-0.2, -0.15) is 0 Å². The van der Waals surface area contributed by atoms with E-state index in [4.69, 9.17) is 13.9 Å². The van der Waals surface area contributed by atoms with Gasteiger partial charge in [-0.3, -0.25) is 4.79 Å². The molecule has 0 spiro atoms. The van der Waals surface area contributed by atoms with Crippen molar-refractivity contribution < 1.29 is 23.5 Å². The molecule has 25 heavy (non-hydrogen) atoms. The van der Waals surface area contributed by atoms with Gasteiger partial charge in [-0.1, -0.05) is 28.1 Å². The van der Waals surface area contributed by atoms with Gasteiger partial charge in [0.2, 0.25) is 0 Å². The average Bonchev–Trinajstić information content (AvgIpc) is 2.94. The molecule has 3 rings (SSSR count). The molecule has 6 heteroatoms. The minimum Gasteiger partial charge on any atom is -0.485 e. The minimum atomic E-state index is -0.473. The maximum atomic E-state index is 12.2. The number of esters is 1. The standard InChI is InChI=1S/C19H15BrO5/c1-11-18(19(22)23-2)15-9-14(7-8-17(15)25-11)24-10-16(21)12-3-5-13(20)6-4-12/h3-9H,10H2,1-2H3. The second-order valence-electron chi connectivity index (χ2n) is 5.40. The molecule has 1 heterocycles. The second kappa shape index (κ2) is 7.11. The zero-order valence-electron chi connectivity index (χ0n) is 13.7. The van der Waals surface area contributed by atoms with Gasteiger partial charge >= 0.3 is 5.97 Å². The zero-order valence-corrected chi connectivity index (χ0v) is 15.3. The Hall–Kier alpha value is -2.60. The van der Waals surface area contributed by atoms with E-state index in [0.717, 1.165) is 4.47 Å². The van der Waals surface area contributed by atoms with Gasteiger partial charge in [0.1, 0.15) is 22.7 Å². The third-order valence-electron chi connectivity index (χ3n) is 3.76. The van der Waals surface area contributed by atoms with E-state index in [1.807, 2.05) is 0 Å². The van der Waals surface area contributed by atoms with Crippen LogP contribution >= 0.6 is 15.9 Å². The maximum absolute atomic E-state index is 12.2. The number of ether oxygens (including phenoxy) is 2. The van der Waals surface area contributed by atoms with Crippen LogP contribution < -0.4 is 4.74 Å². The first-order valence-electron chi connectivity index (χ1n) is 7.52. The second-order valence-corrected chi connectivity index (χ2v) is 6.32. The van der Waals surface area contributed by atoms with Crippen LogP contribution in [0.4, 0.5) is 0 Å². The summed E-state index contributed by atoms with van der Waals surface area (Å²) in [6.45, 7) is 1.60. The molecule has 0 aliphatic rings. The van der Waals surface area contributed by atoms with Crippen LogP contribution in [0.25, 0.3) is 11.0 Å². The molecule has 0 saturated heterocycles. The molecular weight excluding hydrogens is 388 g/mol. The Bertz CT molecular complexity index is 940. The third kappa shape index (κ3) is 3.58. The van der Waals surface area contributed by atoms with Crippen molar-refractivity contribution >= 4 is 38.7 Å². The number of Topliss-reactive ketones (excluding diaryl/α,β-unsaturated/α-hetero) is 1. The van der Waals surface area contributed by atoms with E-state index in [9.17, 15) is 9.59 Å². The van der Waals surface area contributed by atoms with E-state index in [0.29, 0.717) is 33.6 Å². The van der Waals surface area contributed by atoms with Crippen LogP contribution in [0.1, 0.15) is 26.5 Å². The largest absolute Gasteiger partial charge is 0.485 e. The first-order chi connectivity index (χ1) is 12.0. The number of halogens is 1. The Morgan fingerprint density at radius 1 is 1.12 bits per heavy atom. The van der Waals surface area contributed by atoms with Crippen molar-refractivity contribution in [1.82, 2.24) is 0 Å². The van der Waals surface area contributed by atoms with Crippen LogP contribution in [0.5, 0.6) is 5.75 Å². The number of furan rings is 1. The number of aryl methyl sites for hydroxylation is 1. The van der Waals surface area contributed by atoms with Gasteiger partial charge in [0.15, 0.2) is 12.4 Å². The fourth-order valence-corrected chi connectivity index (χ4v) is 2.78. The van der Waals surface area contributed by atoms with Gasteiger partial charge in [0.25, 0.3) is 0 Å². The summed E-state index contributed by atoms with van der Waals surface area (Å²) in [5.41, 5.74) is 1.49. The van der Waals surface area contributed by atoms with Gasteiger partial charge in [-0.25, -0.2) is 4.79 Å². The van der Waals surface area contributed by atoms with Crippen molar-refractivity contribution in [1.29, 1.82) is 0 Å². The summed E-state index contributed by atoms with van der Waals surface area (Å²) in [4.78, 5) is 24.1. The molecule has 0 N–H and O–H groups in total. The van der Waals surface area contributed by atoms with Gasteiger partial charge in [0, 0.05) is 15.4 Å². The molecule has 1 aromatic heterocycles. The molecule has 0 unspecified atom stereocenters.